The van der Waals surface area contributed by atoms with E-state index in [1.54, 1.807) is 6.08 Å². The highest BCUT2D eigenvalue weighted by Gasteiger charge is 2.05. The molecule has 0 heterocycles. The summed E-state index contributed by atoms with van der Waals surface area (Å²) in [6.45, 7) is 3.51. The molecule has 0 aromatic carbocycles. The van der Waals surface area contributed by atoms with Crippen molar-refractivity contribution in [3.63, 3.8) is 0 Å². The molecule has 0 bridgehead atoms. The van der Waals surface area contributed by atoms with Gasteiger partial charge in [-0.1, -0.05) is 6.08 Å². The molecule has 0 atom stereocenters. The number of allylic oxidation sites excluding steroid dienone is 1. The fourth-order valence-corrected chi connectivity index (χ4v) is 0.725. The Hall–Kier alpha value is -0.830. The molecule has 12 heavy (non-hydrogen) atoms. The first-order chi connectivity index (χ1) is 5.45. The number of nitrogens with one attached hydrogen (secondary N) is 1. The molecule has 0 fully saturated rings. The maximum absolute atomic E-state index is 10.9. The van der Waals surface area contributed by atoms with Crippen LogP contribution in [0, 0.1) is 0 Å². The Morgan fingerprint density at radius 1 is 1.42 bits per heavy atom. The fraction of sp³-hybridized carbons (Fsp3) is 0.667. The number of carbonyl (C=O) groups excluding carboxylic acids is 1. The summed E-state index contributed by atoms with van der Waals surface area (Å²) in [4.78, 5) is 10.9. The van der Waals surface area contributed by atoms with Crippen LogP contribution in [0.15, 0.2) is 12.2 Å². The molecule has 3 heteroatoms. The van der Waals surface area contributed by atoms with Crippen LogP contribution < -0.4 is 5.32 Å². The van der Waals surface area contributed by atoms with Gasteiger partial charge >= 0.3 is 0 Å². The third-order valence-corrected chi connectivity index (χ3v) is 1.40. The first-order valence-electron chi connectivity index (χ1n) is 4.16. The smallest absolute Gasteiger partial charge is 0.243 e. The van der Waals surface area contributed by atoms with Crippen LogP contribution in [0.4, 0.5) is 0 Å². The van der Waals surface area contributed by atoms with Crippen LogP contribution in [0.5, 0.6) is 0 Å². The zero-order chi connectivity index (χ0) is 9.61. The van der Waals surface area contributed by atoms with Gasteiger partial charge in [-0.2, -0.15) is 0 Å². The number of rotatable bonds is 4. The van der Waals surface area contributed by atoms with Crippen LogP contribution in [-0.4, -0.2) is 44.6 Å². The minimum absolute atomic E-state index is 0.00838. The zero-order valence-electron chi connectivity index (χ0n) is 8.42. The van der Waals surface area contributed by atoms with Gasteiger partial charge in [0.25, 0.3) is 0 Å². The molecule has 3 nitrogen and oxygen atoms in total. The SMILES string of the molecule is CC=CC(=O)NCC[N+](C)(C)C. The van der Waals surface area contributed by atoms with E-state index in [9.17, 15) is 4.79 Å². The Labute approximate surface area is 74.7 Å². The number of nitrogens with zero attached hydrogens (tertiary/aromatic N) is 1. The van der Waals surface area contributed by atoms with Gasteiger partial charge in [0, 0.05) is 0 Å². The van der Waals surface area contributed by atoms with Crippen LogP contribution in [0.2, 0.25) is 0 Å². The molecule has 70 valence electrons. The summed E-state index contributed by atoms with van der Waals surface area (Å²) in [7, 11) is 6.30. The number of amides is 1. The lowest BCUT2D eigenvalue weighted by Crippen LogP contribution is -2.41. The fourth-order valence-electron chi connectivity index (χ4n) is 0.725. The van der Waals surface area contributed by atoms with E-state index in [0.29, 0.717) is 0 Å². The normalized spacial score (nSPS) is 12.0. The molecule has 0 aromatic rings. The van der Waals surface area contributed by atoms with Crippen LogP contribution in [0.3, 0.4) is 0 Å². The summed E-state index contributed by atoms with van der Waals surface area (Å²) in [5.74, 6) is -0.00838. The van der Waals surface area contributed by atoms with Crippen molar-refractivity contribution < 1.29 is 9.28 Å². The number of likely N-dealkylation sites (N-methyl/N-ethyl adjacent to an activating group) is 1. The van der Waals surface area contributed by atoms with E-state index in [1.165, 1.54) is 6.08 Å². The molecule has 0 aliphatic carbocycles. The number of carbonyl (C=O) groups is 1. The largest absolute Gasteiger partial charge is 0.347 e. The molecule has 0 spiro atoms. The molecule has 1 N–H and O–H groups in total. The van der Waals surface area contributed by atoms with E-state index in [4.69, 9.17) is 0 Å². The predicted molar refractivity (Wildman–Crippen MR) is 50.7 cm³/mol. The zero-order valence-corrected chi connectivity index (χ0v) is 8.42. The van der Waals surface area contributed by atoms with Crippen LogP contribution >= 0.6 is 0 Å². The van der Waals surface area contributed by atoms with Crippen LogP contribution in [-0.2, 0) is 4.79 Å². The molecule has 1 amide bonds. The molecule has 0 radical (unpaired) electrons. The van der Waals surface area contributed by atoms with Gasteiger partial charge in [0.1, 0.15) is 0 Å². The van der Waals surface area contributed by atoms with E-state index in [-0.39, 0.29) is 5.91 Å². The lowest BCUT2D eigenvalue weighted by molar-refractivity contribution is -0.869. The minimum Gasteiger partial charge on any atom is -0.347 e. The maximum Gasteiger partial charge on any atom is 0.243 e. The maximum atomic E-state index is 10.9. The van der Waals surface area contributed by atoms with Gasteiger partial charge in [-0.3, -0.25) is 4.79 Å². The highest BCUT2D eigenvalue weighted by atomic mass is 16.1. The van der Waals surface area contributed by atoms with Crippen molar-refractivity contribution >= 4 is 5.91 Å². The Morgan fingerprint density at radius 2 is 2.00 bits per heavy atom. The Morgan fingerprint density at radius 3 is 2.42 bits per heavy atom. The molecule has 0 aliphatic heterocycles. The second kappa shape index (κ2) is 4.93. The summed E-state index contributed by atoms with van der Waals surface area (Å²) >= 11 is 0. The second-order valence-corrected chi connectivity index (χ2v) is 3.80. The van der Waals surface area contributed by atoms with Crippen LogP contribution in [0.1, 0.15) is 6.92 Å². The third kappa shape index (κ3) is 7.28. The summed E-state index contributed by atoms with van der Waals surface area (Å²) < 4.78 is 0.871. The topological polar surface area (TPSA) is 29.1 Å². The Kier molecular flexibility index (Phi) is 4.59. The first-order valence-corrected chi connectivity index (χ1v) is 4.16. The molecule has 0 rings (SSSR count). The van der Waals surface area contributed by atoms with Crippen molar-refractivity contribution in [1.82, 2.24) is 5.32 Å². The number of hydrogen-bond donors (Lipinski definition) is 1. The molecule has 0 saturated heterocycles. The summed E-state index contributed by atoms with van der Waals surface area (Å²) in [5, 5.41) is 2.80. The highest BCUT2D eigenvalue weighted by molar-refractivity contribution is 5.87. The van der Waals surface area contributed by atoms with Crippen molar-refractivity contribution in [2.24, 2.45) is 0 Å². The van der Waals surface area contributed by atoms with Crippen molar-refractivity contribution in [2.45, 2.75) is 6.92 Å². The number of quaternary nitrogens is 1. The Balaban J connectivity index is 3.51. The summed E-state index contributed by atoms with van der Waals surface area (Å²) in [6, 6.07) is 0. The lowest BCUT2D eigenvalue weighted by atomic mass is 10.4. The van der Waals surface area contributed by atoms with E-state index >= 15 is 0 Å². The van der Waals surface area contributed by atoms with Crippen molar-refractivity contribution in [2.75, 3.05) is 34.2 Å². The summed E-state index contributed by atoms with van der Waals surface area (Å²) in [6.07, 6.45) is 3.27. The van der Waals surface area contributed by atoms with E-state index in [0.717, 1.165) is 17.6 Å². The monoisotopic (exact) mass is 171 g/mol. The average Bonchev–Trinajstić information content (AvgIpc) is 1.84. The van der Waals surface area contributed by atoms with Gasteiger partial charge < -0.3 is 9.80 Å². The van der Waals surface area contributed by atoms with Crippen molar-refractivity contribution in [1.29, 1.82) is 0 Å². The third-order valence-electron chi connectivity index (χ3n) is 1.40. The van der Waals surface area contributed by atoms with E-state index in [1.807, 2.05) is 6.92 Å². The molecule has 0 aliphatic rings. The molecule has 0 aromatic heterocycles. The Bertz CT molecular complexity index is 168. The molecular formula is C9H19N2O+. The highest BCUT2D eigenvalue weighted by Crippen LogP contribution is 1.86. The van der Waals surface area contributed by atoms with Crippen molar-refractivity contribution in [3.8, 4) is 0 Å². The molecule has 0 unspecified atom stereocenters. The van der Waals surface area contributed by atoms with E-state index < -0.39 is 0 Å². The quantitative estimate of drug-likeness (QED) is 0.481. The number of hydrogen-bond acceptors (Lipinski definition) is 1. The van der Waals surface area contributed by atoms with Gasteiger partial charge in [-0.15, -0.1) is 0 Å². The molecular weight excluding hydrogens is 152 g/mol. The van der Waals surface area contributed by atoms with Gasteiger partial charge in [0.15, 0.2) is 0 Å². The second-order valence-electron chi connectivity index (χ2n) is 3.80. The van der Waals surface area contributed by atoms with Gasteiger partial charge in [-0.25, -0.2) is 0 Å². The lowest BCUT2D eigenvalue weighted by Gasteiger charge is -2.23. The van der Waals surface area contributed by atoms with Gasteiger partial charge in [-0.05, 0) is 13.0 Å². The summed E-state index contributed by atoms with van der Waals surface area (Å²) in [5.41, 5.74) is 0. The van der Waals surface area contributed by atoms with E-state index in [2.05, 4.69) is 26.5 Å². The first kappa shape index (κ1) is 11.2. The van der Waals surface area contributed by atoms with Crippen molar-refractivity contribution in [3.05, 3.63) is 12.2 Å². The average molecular weight is 171 g/mol. The molecule has 0 saturated carbocycles. The van der Waals surface area contributed by atoms with Gasteiger partial charge in [0.05, 0.1) is 34.2 Å². The van der Waals surface area contributed by atoms with Crippen LogP contribution in [0.25, 0.3) is 0 Å². The van der Waals surface area contributed by atoms with Gasteiger partial charge in [0.2, 0.25) is 5.91 Å². The predicted octanol–water partition coefficient (Wildman–Crippen LogP) is 0.385. The standard InChI is InChI=1S/C9H18N2O/c1-5-6-9(12)10-7-8-11(2,3)4/h5-6H,7-8H2,1-4H3/p+1. The minimum atomic E-state index is -0.00838.